The van der Waals surface area contributed by atoms with Crippen molar-refractivity contribution in [1.82, 2.24) is 0 Å². The van der Waals surface area contributed by atoms with Crippen LogP contribution in [-0.4, -0.2) is 0 Å². The van der Waals surface area contributed by atoms with Gasteiger partial charge in [-0.25, -0.2) is 4.39 Å². The molecule has 2 heteroatoms. The fourth-order valence-corrected chi connectivity index (χ4v) is 1.52. The van der Waals surface area contributed by atoms with Crippen molar-refractivity contribution < 1.29 is 4.39 Å². The summed E-state index contributed by atoms with van der Waals surface area (Å²) in [4.78, 5) is 0. The minimum Gasteiger partial charge on any atom is -0.399 e. The van der Waals surface area contributed by atoms with Crippen LogP contribution in [0.4, 0.5) is 10.1 Å². The molecule has 0 aliphatic carbocycles. The van der Waals surface area contributed by atoms with Gasteiger partial charge in [-0.2, -0.15) is 0 Å². The average Bonchev–Trinajstić information content (AvgIpc) is 2.20. The molecule has 0 saturated heterocycles. The molecule has 0 aliphatic heterocycles. The zero-order valence-corrected chi connectivity index (χ0v) is 8.50. The van der Waals surface area contributed by atoms with Crippen molar-refractivity contribution in [3.63, 3.8) is 0 Å². The minimum atomic E-state index is -0.195. The van der Waals surface area contributed by atoms with Crippen LogP contribution >= 0.6 is 0 Å². The van der Waals surface area contributed by atoms with E-state index in [9.17, 15) is 4.39 Å². The topological polar surface area (TPSA) is 26.0 Å². The van der Waals surface area contributed by atoms with Crippen LogP contribution in [0.3, 0.4) is 0 Å². The standard InChI is InChI=1S/C13H12FN/c1-9-2-7-12(13(14)8-9)10-3-5-11(15)6-4-10/h2-8H,15H2,1H3. The quantitative estimate of drug-likeness (QED) is 0.703. The van der Waals surface area contributed by atoms with Gasteiger partial charge in [0.1, 0.15) is 5.82 Å². The van der Waals surface area contributed by atoms with E-state index < -0.39 is 0 Å². The van der Waals surface area contributed by atoms with Crippen molar-refractivity contribution in [2.75, 3.05) is 5.73 Å². The van der Waals surface area contributed by atoms with E-state index in [2.05, 4.69) is 0 Å². The molecule has 0 aliphatic rings. The van der Waals surface area contributed by atoms with E-state index in [1.807, 2.05) is 25.1 Å². The summed E-state index contributed by atoms with van der Waals surface area (Å²) in [7, 11) is 0. The summed E-state index contributed by atoms with van der Waals surface area (Å²) < 4.78 is 13.6. The molecule has 0 unspecified atom stereocenters. The SMILES string of the molecule is Cc1ccc(-c2ccc(N)cc2)c(F)c1. The third-order valence-corrected chi connectivity index (χ3v) is 2.35. The van der Waals surface area contributed by atoms with Gasteiger partial charge >= 0.3 is 0 Å². The molecule has 0 heterocycles. The summed E-state index contributed by atoms with van der Waals surface area (Å²) in [6.45, 7) is 1.87. The van der Waals surface area contributed by atoms with Crippen molar-refractivity contribution >= 4 is 5.69 Å². The molecule has 0 saturated carbocycles. The highest BCUT2D eigenvalue weighted by Crippen LogP contribution is 2.24. The molecule has 76 valence electrons. The predicted octanol–water partition coefficient (Wildman–Crippen LogP) is 3.38. The van der Waals surface area contributed by atoms with Crippen molar-refractivity contribution in [2.45, 2.75) is 6.92 Å². The van der Waals surface area contributed by atoms with Crippen molar-refractivity contribution in [3.05, 3.63) is 53.8 Å². The van der Waals surface area contributed by atoms with Gasteiger partial charge in [0.05, 0.1) is 0 Å². The number of hydrogen-bond donors (Lipinski definition) is 1. The van der Waals surface area contributed by atoms with E-state index >= 15 is 0 Å². The zero-order valence-electron chi connectivity index (χ0n) is 8.50. The first-order valence-electron chi connectivity index (χ1n) is 4.79. The molecular weight excluding hydrogens is 189 g/mol. The van der Waals surface area contributed by atoms with Crippen molar-refractivity contribution in [2.24, 2.45) is 0 Å². The third-order valence-electron chi connectivity index (χ3n) is 2.35. The smallest absolute Gasteiger partial charge is 0.131 e. The van der Waals surface area contributed by atoms with E-state index in [4.69, 9.17) is 5.73 Å². The highest BCUT2D eigenvalue weighted by Gasteiger charge is 2.04. The number of halogens is 1. The summed E-state index contributed by atoms with van der Waals surface area (Å²) in [5.41, 5.74) is 8.64. The molecule has 2 aromatic rings. The lowest BCUT2D eigenvalue weighted by atomic mass is 10.0. The molecule has 0 aromatic heterocycles. The second-order valence-electron chi connectivity index (χ2n) is 3.61. The summed E-state index contributed by atoms with van der Waals surface area (Å²) in [6, 6.07) is 12.4. The zero-order chi connectivity index (χ0) is 10.8. The first-order valence-corrected chi connectivity index (χ1v) is 4.79. The number of aryl methyl sites for hydroxylation is 1. The molecular formula is C13H12FN. The second kappa shape index (κ2) is 3.73. The number of hydrogen-bond acceptors (Lipinski definition) is 1. The van der Waals surface area contributed by atoms with Crippen molar-refractivity contribution in [3.8, 4) is 11.1 Å². The Hall–Kier alpha value is -1.83. The third kappa shape index (κ3) is 1.99. The molecule has 0 atom stereocenters. The Morgan fingerprint density at radius 3 is 2.27 bits per heavy atom. The van der Waals surface area contributed by atoms with E-state index in [1.165, 1.54) is 6.07 Å². The van der Waals surface area contributed by atoms with Crippen molar-refractivity contribution in [1.29, 1.82) is 0 Å². The Morgan fingerprint density at radius 2 is 1.67 bits per heavy atom. The Kier molecular flexibility index (Phi) is 2.42. The summed E-state index contributed by atoms with van der Waals surface area (Å²) in [5, 5.41) is 0. The lowest BCUT2D eigenvalue weighted by Crippen LogP contribution is -1.87. The molecule has 1 nitrogen and oxygen atoms in total. The van der Waals surface area contributed by atoms with Gasteiger partial charge in [-0.3, -0.25) is 0 Å². The molecule has 15 heavy (non-hydrogen) atoms. The van der Waals surface area contributed by atoms with E-state index in [0.29, 0.717) is 11.3 Å². The summed E-state index contributed by atoms with van der Waals surface area (Å²) in [5.74, 6) is -0.195. The van der Waals surface area contributed by atoms with Gasteiger partial charge in [-0.15, -0.1) is 0 Å². The van der Waals surface area contributed by atoms with Gasteiger partial charge < -0.3 is 5.73 Å². The lowest BCUT2D eigenvalue weighted by Gasteiger charge is -2.04. The summed E-state index contributed by atoms with van der Waals surface area (Å²) in [6.07, 6.45) is 0. The number of anilines is 1. The first kappa shape index (κ1) is 9.71. The van der Waals surface area contributed by atoms with Crippen LogP contribution in [0.1, 0.15) is 5.56 Å². The molecule has 2 aromatic carbocycles. The van der Waals surface area contributed by atoms with Crippen LogP contribution in [0.25, 0.3) is 11.1 Å². The molecule has 0 spiro atoms. The number of nitrogen functional groups attached to an aromatic ring is 1. The number of rotatable bonds is 1. The maximum atomic E-state index is 13.6. The fourth-order valence-electron chi connectivity index (χ4n) is 1.52. The lowest BCUT2D eigenvalue weighted by molar-refractivity contribution is 0.630. The fraction of sp³-hybridized carbons (Fsp3) is 0.0769. The maximum absolute atomic E-state index is 13.6. The van der Waals surface area contributed by atoms with E-state index in [1.54, 1.807) is 18.2 Å². The van der Waals surface area contributed by atoms with Gasteiger partial charge in [-0.1, -0.05) is 24.3 Å². The van der Waals surface area contributed by atoms with Crippen LogP contribution in [0.5, 0.6) is 0 Å². The first-order chi connectivity index (χ1) is 7.16. The van der Waals surface area contributed by atoms with Gasteiger partial charge in [-0.05, 0) is 36.2 Å². The van der Waals surface area contributed by atoms with Gasteiger partial charge in [0, 0.05) is 11.3 Å². The minimum absolute atomic E-state index is 0.195. The molecule has 2 rings (SSSR count). The van der Waals surface area contributed by atoms with Gasteiger partial charge in [0.15, 0.2) is 0 Å². The Labute approximate surface area is 88.4 Å². The Bertz CT molecular complexity index is 474. The van der Waals surface area contributed by atoms with Gasteiger partial charge in [0.2, 0.25) is 0 Å². The molecule has 0 amide bonds. The molecule has 0 radical (unpaired) electrons. The van der Waals surface area contributed by atoms with E-state index in [0.717, 1.165) is 11.1 Å². The molecule has 2 N–H and O–H groups in total. The van der Waals surface area contributed by atoms with E-state index in [-0.39, 0.29) is 5.82 Å². The normalized spacial score (nSPS) is 10.3. The predicted molar refractivity (Wildman–Crippen MR) is 61.0 cm³/mol. The van der Waals surface area contributed by atoms with Crippen LogP contribution in [0.2, 0.25) is 0 Å². The van der Waals surface area contributed by atoms with Crippen LogP contribution in [0, 0.1) is 12.7 Å². The second-order valence-corrected chi connectivity index (χ2v) is 3.61. The van der Waals surface area contributed by atoms with Gasteiger partial charge in [0.25, 0.3) is 0 Å². The monoisotopic (exact) mass is 201 g/mol. The average molecular weight is 201 g/mol. The maximum Gasteiger partial charge on any atom is 0.131 e. The summed E-state index contributed by atoms with van der Waals surface area (Å²) >= 11 is 0. The number of nitrogens with two attached hydrogens (primary N) is 1. The largest absolute Gasteiger partial charge is 0.399 e. The Balaban J connectivity index is 2.49. The van der Waals surface area contributed by atoms with Crippen LogP contribution in [-0.2, 0) is 0 Å². The highest BCUT2D eigenvalue weighted by atomic mass is 19.1. The number of benzene rings is 2. The molecule has 0 fully saturated rings. The van der Waals surface area contributed by atoms with Crippen LogP contribution in [0.15, 0.2) is 42.5 Å². The highest BCUT2D eigenvalue weighted by molar-refractivity contribution is 5.66. The Morgan fingerprint density at radius 1 is 1.00 bits per heavy atom. The molecule has 0 bridgehead atoms. The van der Waals surface area contributed by atoms with Crippen LogP contribution < -0.4 is 5.73 Å².